The molecule has 2 aromatic carbocycles. The molecule has 0 saturated heterocycles. The number of ether oxygens (including phenoxy) is 1. The van der Waals surface area contributed by atoms with Gasteiger partial charge in [0.15, 0.2) is 5.25 Å². The van der Waals surface area contributed by atoms with Gasteiger partial charge in [-0.15, -0.1) is 0 Å². The van der Waals surface area contributed by atoms with Gasteiger partial charge in [0.1, 0.15) is 0 Å². The van der Waals surface area contributed by atoms with Gasteiger partial charge in [0.25, 0.3) is 0 Å². The summed E-state index contributed by atoms with van der Waals surface area (Å²) in [5.41, 5.74) is 5.63. The van der Waals surface area contributed by atoms with E-state index < -0.39 is 21.2 Å². The Morgan fingerprint density at radius 2 is 1.90 bits per heavy atom. The van der Waals surface area contributed by atoms with Crippen LogP contribution < -0.4 is 0 Å². The van der Waals surface area contributed by atoms with Gasteiger partial charge >= 0.3 is 5.97 Å². The molecule has 1 heterocycles. The molecule has 0 aromatic heterocycles. The maximum atomic E-state index is 12.8. The molecule has 0 radical (unpaired) electrons. The molecule has 0 amide bonds. The lowest BCUT2D eigenvalue weighted by Crippen LogP contribution is -2.44. The molecule has 160 valence electrons. The number of methoxy groups -OCH3 is 1. The number of carboxylic acid groups (broad SMARTS) is 1. The van der Waals surface area contributed by atoms with E-state index in [1.54, 1.807) is 0 Å². The number of nitrogens with zero attached hydrogens (tertiary/aromatic N) is 1. The molecule has 0 aliphatic carbocycles. The molecule has 1 aliphatic heterocycles. The van der Waals surface area contributed by atoms with Crippen LogP contribution in [0.25, 0.3) is 16.7 Å². The molecule has 30 heavy (non-hydrogen) atoms. The number of aliphatic carboxylic acids is 1. The van der Waals surface area contributed by atoms with Crippen LogP contribution in [0.5, 0.6) is 0 Å². The van der Waals surface area contributed by atoms with Crippen molar-refractivity contribution in [3.8, 4) is 11.1 Å². The van der Waals surface area contributed by atoms with Gasteiger partial charge in [-0.25, -0.2) is 8.42 Å². The van der Waals surface area contributed by atoms with Crippen LogP contribution in [0.4, 0.5) is 0 Å². The van der Waals surface area contributed by atoms with E-state index in [0.29, 0.717) is 6.42 Å². The number of sulfonamides is 1. The Bertz CT molecular complexity index is 1030. The van der Waals surface area contributed by atoms with E-state index in [9.17, 15) is 18.3 Å². The second-order valence-electron chi connectivity index (χ2n) is 7.39. The number of carboxylic acids is 1. The third kappa shape index (κ3) is 4.80. The molecule has 0 spiro atoms. The van der Waals surface area contributed by atoms with Crippen LogP contribution in [0.3, 0.4) is 0 Å². The highest BCUT2D eigenvalue weighted by atomic mass is 32.2. The maximum absolute atomic E-state index is 12.8. The van der Waals surface area contributed by atoms with Crippen LogP contribution in [0.1, 0.15) is 24.0 Å². The van der Waals surface area contributed by atoms with Gasteiger partial charge in [0, 0.05) is 26.8 Å². The SMILES string of the molecule is COCCC(C(=O)O)S(=O)(=O)N1CC=C(c2ccc(-c3ccccc3)c(C)c2)CC1. The summed E-state index contributed by atoms with van der Waals surface area (Å²) in [6.45, 7) is 2.59. The first-order valence-electron chi connectivity index (χ1n) is 9.90. The van der Waals surface area contributed by atoms with Crippen molar-refractivity contribution in [2.75, 3.05) is 26.8 Å². The Morgan fingerprint density at radius 3 is 2.47 bits per heavy atom. The highest BCUT2D eigenvalue weighted by molar-refractivity contribution is 7.90. The van der Waals surface area contributed by atoms with E-state index in [-0.39, 0.29) is 26.1 Å². The van der Waals surface area contributed by atoms with Crippen molar-refractivity contribution in [2.24, 2.45) is 0 Å². The minimum atomic E-state index is -3.94. The van der Waals surface area contributed by atoms with E-state index in [2.05, 4.69) is 37.3 Å². The summed E-state index contributed by atoms with van der Waals surface area (Å²) >= 11 is 0. The molecule has 7 heteroatoms. The zero-order valence-electron chi connectivity index (χ0n) is 17.2. The van der Waals surface area contributed by atoms with Crippen molar-refractivity contribution in [1.82, 2.24) is 4.31 Å². The predicted octanol–water partition coefficient (Wildman–Crippen LogP) is 3.57. The standard InChI is InChI=1S/C23H27NO5S/c1-17-16-20(8-9-21(17)19-6-4-3-5-7-19)18-10-13-24(14-11-18)30(27,28)22(23(25)26)12-15-29-2/h3-10,16,22H,11-15H2,1-2H3,(H,25,26). The molecule has 2 aromatic rings. The van der Waals surface area contributed by atoms with Gasteiger partial charge in [-0.05, 0) is 47.6 Å². The second-order valence-corrected chi connectivity index (χ2v) is 9.50. The summed E-state index contributed by atoms with van der Waals surface area (Å²) < 4.78 is 31.7. The third-order valence-corrected chi connectivity index (χ3v) is 7.64. The lowest BCUT2D eigenvalue weighted by molar-refractivity contribution is -0.136. The molecule has 0 saturated carbocycles. The number of benzene rings is 2. The molecular weight excluding hydrogens is 402 g/mol. The minimum absolute atomic E-state index is 0.0681. The van der Waals surface area contributed by atoms with Crippen LogP contribution >= 0.6 is 0 Å². The molecule has 1 N–H and O–H groups in total. The summed E-state index contributed by atoms with van der Waals surface area (Å²) in [7, 11) is -2.52. The lowest BCUT2D eigenvalue weighted by Gasteiger charge is -2.28. The maximum Gasteiger partial charge on any atom is 0.323 e. The fourth-order valence-corrected chi connectivity index (χ4v) is 5.39. The van der Waals surface area contributed by atoms with Crippen LogP contribution in [0.15, 0.2) is 54.6 Å². The smallest absolute Gasteiger partial charge is 0.323 e. The number of aryl methyl sites for hydroxylation is 1. The largest absolute Gasteiger partial charge is 0.480 e. The number of carbonyl (C=O) groups is 1. The van der Waals surface area contributed by atoms with E-state index in [0.717, 1.165) is 22.3 Å². The Hall–Kier alpha value is -2.48. The van der Waals surface area contributed by atoms with Crippen molar-refractivity contribution in [1.29, 1.82) is 0 Å². The monoisotopic (exact) mass is 429 g/mol. The molecule has 1 unspecified atom stereocenters. The highest BCUT2D eigenvalue weighted by Gasteiger charge is 2.37. The predicted molar refractivity (Wildman–Crippen MR) is 118 cm³/mol. The quantitative estimate of drug-likeness (QED) is 0.694. The van der Waals surface area contributed by atoms with Crippen molar-refractivity contribution in [3.05, 3.63) is 65.7 Å². The fourth-order valence-electron chi connectivity index (χ4n) is 3.75. The van der Waals surface area contributed by atoms with Gasteiger partial charge in [-0.2, -0.15) is 4.31 Å². The molecule has 0 fully saturated rings. The zero-order valence-corrected chi connectivity index (χ0v) is 18.1. The summed E-state index contributed by atoms with van der Waals surface area (Å²) in [6.07, 6.45) is 2.36. The van der Waals surface area contributed by atoms with Crippen LogP contribution in [0, 0.1) is 6.92 Å². The van der Waals surface area contributed by atoms with Crippen LogP contribution in [-0.2, 0) is 19.6 Å². The average Bonchev–Trinajstić information content (AvgIpc) is 2.74. The Kier molecular flexibility index (Phi) is 7.07. The number of hydrogen-bond donors (Lipinski definition) is 1. The first kappa shape index (κ1) is 22.2. The van der Waals surface area contributed by atoms with Crippen molar-refractivity contribution >= 4 is 21.6 Å². The van der Waals surface area contributed by atoms with E-state index >= 15 is 0 Å². The fraction of sp³-hybridized carbons (Fsp3) is 0.348. The van der Waals surface area contributed by atoms with E-state index in [4.69, 9.17) is 4.74 Å². The Labute approximate surface area is 177 Å². The van der Waals surface area contributed by atoms with Crippen molar-refractivity contribution < 1.29 is 23.1 Å². The van der Waals surface area contributed by atoms with Crippen LogP contribution in [-0.4, -0.2) is 55.9 Å². The number of rotatable bonds is 8. The van der Waals surface area contributed by atoms with Gasteiger partial charge in [-0.1, -0.05) is 54.6 Å². The molecular formula is C23H27NO5S. The topological polar surface area (TPSA) is 83.9 Å². The molecule has 3 rings (SSSR count). The molecule has 0 bridgehead atoms. The molecule has 1 atom stereocenters. The van der Waals surface area contributed by atoms with E-state index in [1.807, 2.05) is 24.3 Å². The van der Waals surface area contributed by atoms with Crippen molar-refractivity contribution in [3.63, 3.8) is 0 Å². The Balaban J connectivity index is 1.77. The van der Waals surface area contributed by atoms with Gasteiger partial charge in [-0.3, -0.25) is 4.79 Å². The summed E-state index contributed by atoms with van der Waals surface area (Å²) in [4.78, 5) is 11.5. The van der Waals surface area contributed by atoms with Gasteiger partial charge in [0.05, 0.1) is 0 Å². The zero-order chi connectivity index (χ0) is 21.7. The normalized spacial score (nSPS) is 16.1. The van der Waals surface area contributed by atoms with Crippen molar-refractivity contribution in [2.45, 2.75) is 25.0 Å². The van der Waals surface area contributed by atoms with E-state index in [1.165, 1.54) is 17.0 Å². The molecule has 1 aliphatic rings. The van der Waals surface area contributed by atoms with Gasteiger partial charge in [0.2, 0.25) is 10.0 Å². The highest BCUT2D eigenvalue weighted by Crippen LogP contribution is 2.30. The average molecular weight is 430 g/mol. The third-order valence-electron chi connectivity index (χ3n) is 5.43. The first-order chi connectivity index (χ1) is 14.3. The van der Waals surface area contributed by atoms with Gasteiger partial charge < -0.3 is 9.84 Å². The van der Waals surface area contributed by atoms with Crippen LogP contribution in [0.2, 0.25) is 0 Å². The number of hydrogen-bond acceptors (Lipinski definition) is 4. The first-order valence-corrected chi connectivity index (χ1v) is 11.4. The second kappa shape index (κ2) is 9.55. The minimum Gasteiger partial charge on any atom is -0.480 e. The Morgan fingerprint density at radius 1 is 1.17 bits per heavy atom. The summed E-state index contributed by atoms with van der Waals surface area (Å²) in [6, 6.07) is 16.4. The lowest BCUT2D eigenvalue weighted by atomic mass is 9.94. The summed E-state index contributed by atoms with van der Waals surface area (Å²) in [5, 5.41) is 7.88. The summed E-state index contributed by atoms with van der Waals surface area (Å²) in [5.74, 6) is -1.34. The molecule has 6 nitrogen and oxygen atoms in total.